The number of rotatable bonds is 8. The topological polar surface area (TPSA) is 71.3 Å². The Bertz CT molecular complexity index is 708. The van der Waals surface area contributed by atoms with E-state index in [1.54, 1.807) is 14.1 Å². The van der Waals surface area contributed by atoms with Crippen LogP contribution in [-0.4, -0.2) is 30.1 Å². The largest absolute Gasteiger partial charge is 0.373 e. The maximum absolute atomic E-state index is 13.9. The molecule has 1 aromatic carbocycles. The van der Waals surface area contributed by atoms with Gasteiger partial charge in [0.15, 0.2) is 17.5 Å². The summed E-state index contributed by atoms with van der Waals surface area (Å²) < 4.78 is 32.9. The Morgan fingerprint density at radius 2 is 1.92 bits per heavy atom. The van der Waals surface area contributed by atoms with Crippen LogP contribution in [0.3, 0.4) is 0 Å². The van der Waals surface area contributed by atoms with Gasteiger partial charge in [-0.3, -0.25) is 4.79 Å². The number of aryl methyl sites for hydroxylation is 2. The number of anilines is 2. The Morgan fingerprint density at radius 3 is 2.52 bits per heavy atom. The molecule has 0 aliphatic carbocycles. The van der Waals surface area contributed by atoms with E-state index in [0.29, 0.717) is 24.6 Å². The highest BCUT2D eigenvalue weighted by Gasteiger charge is 2.14. The second-order valence-electron chi connectivity index (χ2n) is 5.94. The number of amides is 1. The van der Waals surface area contributed by atoms with Gasteiger partial charge >= 0.3 is 0 Å². The fraction of sp³-hybridized carbons (Fsp3) is 0.471. The van der Waals surface area contributed by atoms with Crippen molar-refractivity contribution in [3.63, 3.8) is 0 Å². The van der Waals surface area contributed by atoms with Gasteiger partial charge in [0, 0.05) is 39.0 Å². The van der Waals surface area contributed by atoms with Crippen LogP contribution in [0.15, 0.2) is 16.7 Å². The third kappa shape index (κ3) is 5.23. The first-order valence-corrected chi connectivity index (χ1v) is 8.18. The quantitative estimate of drug-likeness (QED) is 0.789. The molecule has 0 radical (unpaired) electrons. The van der Waals surface area contributed by atoms with Crippen LogP contribution in [0.2, 0.25) is 0 Å². The van der Waals surface area contributed by atoms with Gasteiger partial charge in [0.25, 0.3) is 0 Å². The molecule has 25 heavy (non-hydrogen) atoms. The third-order valence-corrected chi connectivity index (χ3v) is 3.53. The van der Waals surface area contributed by atoms with Crippen LogP contribution in [0.25, 0.3) is 0 Å². The van der Waals surface area contributed by atoms with Crippen LogP contribution in [0.5, 0.6) is 0 Å². The zero-order valence-corrected chi connectivity index (χ0v) is 14.6. The molecule has 2 aromatic rings. The summed E-state index contributed by atoms with van der Waals surface area (Å²) in [6, 6.07) is 2.21. The number of halogens is 2. The van der Waals surface area contributed by atoms with Gasteiger partial charge in [0.05, 0.1) is 0 Å². The van der Waals surface area contributed by atoms with Gasteiger partial charge in [-0.2, -0.15) is 4.98 Å². The molecular weight excluding hydrogens is 330 g/mol. The Hall–Kier alpha value is -2.51. The van der Waals surface area contributed by atoms with Gasteiger partial charge in [-0.1, -0.05) is 12.1 Å². The average Bonchev–Trinajstić information content (AvgIpc) is 2.94. The van der Waals surface area contributed by atoms with Crippen molar-refractivity contribution in [3.8, 4) is 0 Å². The van der Waals surface area contributed by atoms with Gasteiger partial charge < -0.3 is 14.7 Å². The monoisotopic (exact) mass is 352 g/mol. The minimum absolute atomic E-state index is 0.0913. The summed E-state index contributed by atoms with van der Waals surface area (Å²) in [6.07, 6.45) is 2.85. The molecule has 1 amide bonds. The summed E-state index contributed by atoms with van der Waals surface area (Å²) in [6.45, 7) is 2.02. The van der Waals surface area contributed by atoms with Gasteiger partial charge in [-0.15, -0.1) is 0 Å². The van der Waals surface area contributed by atoms with Crippen molar-refractivity contribution in [3.05, 3.63) is 35.5 Å². The molecule has 0 aliphatic heterocycles. The summed E-state index contributed by atoms with van der Waals surface area (Å²) in [7, 11) is 3.09. The Balaban J connectivity index is 1.85. The molecule has 8 heteroatoms. The van der Waals surface area contributed by atoms with Crippen molar-refractivity contribution in [1.29, 1.82) is 0 Å². The molecule has 2 rings (SSSR count). The first-order chi connectivity index (χ1) is 11.9. The van der Waals surface area contributed by atoms with Crippen molar-refractivity contribution < 1.29 is 18.1 Å². The Kier molecular flexibility index (Phi) is 6.44. The predicted molar refractivity (Wildman–Crippen MR) is 90.5 cm³/mol. The molecule has 0 fully saturated rings. The van der Waals surface area contributed by atoms with Crippen molar-refractivity contribution in [2.45, 2.75) is 39.0 Å². The number of carbonyl (C=O) groups is 1. The second-order valence-corrected chi connectivity index (χ2v) is 5.94. The summed E-state index contributed by atoms with van der Waals surface area (Å²) in [4.78, 5) is 17.5. The van der Waals surface area contributed by atoms with Gasteiger partial charge in [-0.25, -0.2) is 8.78 Å². The number of hydrogen-bond donors (Lipinski definition) is 1. The van der Waals surface area contributed by atoms with Gasteiger partial charge in [-0.05, 0) is 25.0 Å². The predicted octanol–water partition coefficient (Wildman–Crippen LogP) is 3.33. The first-order valence-electron chi connectivity index (χ1n) is 8.18. The number of benzene rings is 1. The fourth-order valence-corrected chi connectivity index (χ4v) is 2.41. The van der Waals surface area contributed by atoms with Crippen LogP contribution < -0.4 is 10.2 Å². The molecule has 1 N–H and O–H groups in total. The van der Waals surface area contributed by atoms with Crippen LogP contribution in [0.1, 0.15) is 37.9 Å². The highest BCUT2D eigenvalue weighted by Crippen LogP contribution is 2.25. The molecule has 0 saturated carbocycles. The summed E-state index contributed by atoms with van der Waals surface area (Å²) in [5, 5.41) is 6.34. The van der Waals surface area contributed by atoms with E-state index in [2.05, 4.69) is 15.5 Å². The van der Waals surface area contributed by atoms with Crippen LogP contribution in [-0.2, 0) is 17.6 Å². The van der Waals surface area contributed by atoms with Crippen LogP contribution in [0, 0.1) is 11.6 Å². The first kappa shape index (κ1) is 18.8. The molecule has 0 spiro atoms. The van der Waals surface area contributed by atoms with Gasteiger partial charge in [0.2, 0.25) is 11.8 Å². The van der Waals surface area contributed by atoms with E-state index < -0.39 is 11.6 Å². The molecule has 136 valence electrons. The number of nitrogens with one attached hydrogen (secondary N) is 1. The molecule has 1 heterocycles. The maximum atomic E-state index is 13.9. The average molecular weight is 352 g/mol. The third-order valence-electron chi connectivity index (χ3n) is 3.53. The van der Waals surface area contributed by atoms with E-state index in [4.69, 9.17) is 4.52 Å². The van der Waals surface area contributed by atoms with Crippen LogP contribution in [0.4, 0.5) is 20.2 Å². The number of aromatic nitrogens is 2. The maximum Gasteiger partial charge on any atom is 0.226 e. The van der Waals surface area contributed by atoms with E-state index in [-0.39, 0.29) is 23.7 Å². The fourth-order valence-electron chi connectivity index (χ4n) is 2.41. The highest BCUT2D eigenvalue weighted by atomic mass is 19.1. The molecule has 0 atom stereocenters. The molecule has 0 saturated heterocycles. The van der Waals surface area contributed by atoms with E-state index in [1.165, 1.54) is 4.90 Å². The van der Waals surface area contributed by atoms with E-state index in [1.807, 2.05) is 6.92 Å². The van der Waals surface area contributed by atoms with Crippen molar-refractivity contribution in [1.82, 2.24) is 10.1 Å². The SMILES string of the molecule is CCCc1noc(CCCC(=O)Nc2cc(F)c(N(C)C)c(F)c2)n1. The van der Waals surface area contributed by atoms with E-state index in [9.17, 15) is 13.6 Å². The standard InChI is InChI=1S/C17H22F2N4O2/c1-4-6-14-21-16(25-22-14)8-5-7-15(24)20-11-9-12(18)17(23(2)3)13(19)10-11/h9-10H,4-8H2,1-3H3,(H,20,24). The minimum atomic E-state index is -0.727. The number of nitrogens with zero attached hydrogens (tertiary/aromatic N) is 3. The molecule has 0 bridgehead atoms. The lowest BCUT2D eigenvalue weighted by molar-refractivity contribution is -0.116. The van der Waals surface area contributed by atoms with E-state index >= 15 is 0 Å². The number of hydrogen-bond acceptors (Lipinski definition) is 5. The van der Waals surface area contributed by atoms with Crippen molar-refractivity contribution in [2.75, 3.05) is 24.3 Å². The zero-order chi connectivity index (χ0) is 18.4. The number of carbonyl (C=O) groups excluding carboxylic acids is 1. The van der Waals surface area contributed by atoms with Gasteiger partial charge in [0.1, 0.15) is 5.69 Å². The molecular formula is C17H22F2N4O2. The smallest absolute Gasteiger partial charge is 0.226 e. The summed E-state index contributed by atoms with van der Waals surface area (Å²) in [5.41, 5.74) is -0.0501. The molecule has 0 aliphatic rings. The van der Waals surface area contributed by atoms with E-state index in [0.717, 1.165) is 25.0 Å². The lowest BCUT2D eigenvalue weighted by Crippen LogP contribution is -2.15. The highest BCUT2D eigenvalue weighted by molar-refractivity contribution is 5.90. The van der Waals surface area contributed by atoms with Crippen molar-refractivity contribution >= 4 is 17.3 Å². The Labute approximate surface area is 145 Å². The van der Waals surface area contributed by atoms with Crippen molar-refractivity contribution in [2.24, 2.45) is 0 Å². The normalized spacial score (nSPS) is 10.8. The van der Waals surface area contributed by atoms with Crippen LogP contribution >= 0.6 is 0 Å². The lowest BCUT2D eigenvalue weighted by atomic mass is 10.2. The zero-order valence-electron chi connectivity index (χ0n) is 14.6. The molecule has 1 aromatic heterocycles. The molecule has 0 unspecified atom stereocenters. The minimum Gasteiger partial charge on any atom is -0.373 e. The second kappa shape index (κ2) is 8.55. The lowest BCUT2D eigenvalue weighted by Gasteiger charge is -2.15. The Morgan fingerprint density at radius 1 is 1.24 bits per heavy atom. The molecule has 6 nitrogen and oxygen atoms in total. The summed E-state index contributed by atoms with van der Waals surface area (Å²) >= 11 is 0. The summed E-state index contributed by atoms with van der Waals surface area (Å²) in [5.74, 6) is -0.633.